The molecule has 0 spiro atoms. The normalized spacial score (nSPS) is 20.7. The number of rotatable bonds is 5. The van der Waals surface area contributed by atoms with Gasteiger partial charge in [0, 0.05) is 42.5 Å². The van der Waals surface area contributed by atoms with Crippen LogP contribution in [0.5, 0.6) is 5.75 Å². The molecule has 0 unspecified atom stereocenters. The molecule has 4 heterocycles. The molecule has 8 heteroatoms. The molecule has 0 aliphatic carbocycles. The number of benzene rings is 1. The minimum atomic E-state index is -0.112. The van der Waals surface area contributed by atoms with E-state index in [9.17, 15) is 4.79 Å². The summed E-state index contributed by atoms with van der Waals surface area (Å²) in [6, 6.07) is 7.19. The van der Waals surface area contributed by atoms with Crippen molar-refractivity contribution in [3.05, 3.63) is 52.3 Å². The summed E-state index contributed by atoms with van der Waals surface area (Å²) >= 11 is 6.28. The molecule has 2 aliphatic rings. The fourth-order valence-electron chi connectivity index (χ4n) is 5.29. The maximum absolute atomic E-state index is 13.8. The predicted octanol–water partition coefficient (Wildman–Crippen LogP) is 5.69. The van der Waals surface area contributed by atoms with Gasteiger partial charge in [-0.15, -0.1) is 0 Å². The molecule has 0 saturated carbocycles. The van der Waals surface area contributed by atoms with E-state index in [-0.39, 0.29) is 18.1 Å². The monoisotopic (exact) mass is 495 g/mol. The Bertz CT molecular complexity index is 1240. The van der Waals surface area contributed by atoms with Gasteiger partial charge in [-0.25, -0.2) is 9.50 Å². The van der Waals surface area contributed by atoms with E-state index in [4.69, 9.17) is 26.4 Å². The second-order valence-corrected chi connectivity index (χ2v) is 10.7. The number of anilines is 1. The number of nitrogens with zero attached hydrogens (tertiary/aromatic N) is 5. The molecule has 0 radical (unpaired) electrons. The second-order valence-electron chi connectivity index (χ2n) is 10.3. The number of likely N-dealkylation sites (tertiary alicyclic amines) is 1. The lowest BCUT2D eigenvalue weighted by molar-refractivity contribution is 0.0600. The fourth-order valence-corrected chi connectivity index (χ4v) is 5.46. The number of ether oxygens (including phenoxy) is 1. The second kappa shape index (κ2) is 9.69. The molecule has 0 bridgehead atoms. The highest BCUT2D eigenvalue weighted by Crippen LogP contribution is 2.35. The standard InChI is InChI=1S/C27H34ClN5O2/c1-17(2)35-24-9-8-20(28)13-21(24)27(34)32-11-6-5-7-23(32)22-14-25-29-26(19(4)16-33(25)30-22)31-12-10-18(3)15-31/h8-9,13-14,16-18,23H,5-7,10-12,15H2,1-4H3/t18-,23-/m0/s1. The summed E-state index contributed by atoms with van der Waals surface area (Å²) in [5.41, 5.74) is 3.32. The lowest BCUT2D eigenvalue weighted by Crippen LogP contribution is -2.39. The van der Waals surface area contributed by atoms with Crippen LogP contribution >= 0.6 is 11.6 Å². The molecule has 1 amide bonds. The Kier molecular flexibility index (Phi) is 6.62. The van der Waals surface area contributed by atoms with Gasteiger partial charge >= 0.3 is 0 Å². The van der Waals surface area contributed by atoms with Crippen LogP contribution in [0.2, 0.25) is 5.02 Å². The fraction of sp³-hybridized carbons (Fsp3) is 0.519. The minimum Gasteiger partial charge on any atom is -0.490 e. The number of halogens is 1. The molecule has 5 rings (SSSR count). The first-order valence-corrected chi connectivity index (χ1v) is 13.1. The van der Waals surface area contributed by atoms with Crippen LogP contribution in [0.1, 0.15) is 74.1 Å². The predicted molar refractivity (Wildman–Crippen MR) is 139 cm³/mol. The third-order valence-corrected chi connectivity index (χ3v) is 7.22. The molecule has 1 aromatic carbocycles. The first-order chi connectivity index (χ1) is 16.8. The van der Waals surface area contributed by atoms with E-state index in [1.165, 1.54) is 6.42 Å². The average molecular weight is 496 g/mol. The van der Waals surface area contributed by atoms with Gasteiger partial charge in [0.15, 0.2) is 5.65 Å². The van der Waals surface area contributed by atoms with Crippen LogP contribution in [0.4, 0.5) is 5.82 Å². The Balaban J connectivity index is 1.47. The smallest absolute Gasteiger partial charge is 0.258 e. The van der Waals surface area contributed by atoms with Crippen molar-refractivity contribution < 1.29 is 9.53 Å². The SMILES string of the molecule is Cc1cn2nc([C@@H]3CCCCN3C(=O)c3cc(Cl)ccc3OC(C)C)cc2nc1N1CC[C@H](C)C1. The molecule has 2 aromatic heterocycles. The molecule has 2 aliphatic heterocycles. The summed E-state index contributed by atoms with van der Waals surface area (Å²) in [6.45, 7) is 11.0. The molecule has 2 atom stereocenters. The van der Waals surface area contributed by atoms with Gasteiger partial charge in [-0.3, -0.25) is 4.79 Å². The largest absolute Gasteiger partial charge is 0.490 e. The molecule has 35 heavy (non-hydrogen) atoms. The molecule has 186 valence electrons. The van der Waals surface area contributed by atoms with Gasteiger partial charge in [-0.1, -0.05) is 18.5 Å². The zero-order valence-electron chi connectivity index (χ0n) is 21.0. The zero-order valence-corrected chi connectivity index (χ0v) is 21.8. The lowest BCUT2D eigenvalue weighted by atomic mass is 9.98. The summed E-state index contributed by atoms with van der Waals surface area (Å²) in [5, 5.41) is 5.40. The topological polar surface area (TPSA) is 63.0 Å². The van der Waals surface area contributed by atoms with Crippen molar-refractivity contribution >= 4 is 29.0 Å². The van der Waals surface area contributed by atoms with Crippen LogP contribution in [0.3, 0.4) is 0 Å². The van der Waals surface area contributed by atoms with Crippen molar-refractivity contribution in [2.45, 2.75) is 65.5 Å². The number of hydrogen-bond donors (Lipinski definition) is 0. The Morgan fingerprint density at radius 1 is 1.17 bits per heavy atom. The number of aryl methyl sites for hydroxylation is 1. The van der Waals surface area contributed by atoms with Crippen molar-refractivity contribution in [3.63, 3.8) is 0 Å². The van der Waals surface area contributed by atoms with Gasteiger partial charge in [-0.2, -0.15) is 5.10 Å². The molecule has 2 saturated heterocycles. The van der Waals surface area contributed by atoms with Gasteiger partial charge in [0.25, 0.3) is 5.91 Å². The maximum Gasteiger partial charge on any atom is 0.258 e. The molecule has 0 N–H and O–H groups in total. The summed E-state index contributed by atoms with van der Waals surface area (Å²) in [7, 11) is 0. The molecular formula is C27H34ClN5O2. The highest BCUT2D eigenvalue weighted by atomic mass is 35.5. The summed E-state index contributed by atoms with van der Waals surface area (Å²) in [4.78, 5) is 23.1. The number of hydrogen-bond acceptors (Lipinski definition) is 5. The van der Waals surface area contributed by atoms with Crippen molar-refractivity contribution in [2.24, 2.45) is 5.92 Å². The van der Waals surface area contributed by atoms with Gasteiger partial charge in [0.05, 0.1) is 23.4 Å². The summed E-state index contributed by atoms with van der Waals surface area (Å²) < 4.78 is 7.80. The average Bonchev–Trinajstić information content (AvgIpc) is 3.44. The number of amides is 1. The van der Waals surface area contributed by atoms with Crippen molar-refractivity contribution in [1.29, 1.82) is 0 Å². The van der Waals surface area contributed by atoms with Gasteiger partial charge in [0.2, 0.25) is 0 Å². The quantitative estimate of drug-likeness (QED) is 0.455. The van der Waals surface area contributed by atoms with Gasteiger partial charge in [-0.05, 0) is 70.6 Å². The Labute approximate surface area is 212 Å². The highest BCUT2D eigenvalue weighted by molar-refractivity contribution is 6.31. The van der Waals surface area contributed by atoms with E-state index in [0.29, 0.717) is 28.8 Å². The Hall–Kier alpha value is -2.80. The van der Waals surface area contributed by atoms with Crippen LogP contribution in [-0.2, 0) is 0 Å². The number of carbonyl (C=O) groups excluding carboxylic acids is 1. The zero-order chi connectivity index (χ0) is 24.7. The highest BCUT2D eigenvalue weighted by Gasteiger charge is 2.32. The Morgan fingerprint density at radius 3 is 2.74 bits per heavy atom. The molecule has 7 nitrogen and oxygen atoms in total. The number of piperidine rings is 1. The lowest BCUT2D eigenvalue weighted by Gasteiger charge is -2.35. The third kappa shape index (κ3) is 4.83. The third-order valence-electron chi connectivity index (χ3n) is 6.99. The Morgan fingerprint density at radius 2 is 2.00 bits per heavy atom. The number of fused-ring (bicyclic) bond motifs is 1. The van der Waals surface area contributed by atoms with Crippen molar-refractivity contribution in [1.82, 2.24) is 19.5 Å². The van der Waals surface area contributed by atoms with Gasteiger partial charge in [0.1, 0.15) is 11.6 Å². The molecule has 3 aromatic rings. The van der Waals surface area contributed by atoms with E-state index in [1.54, 1.807) is 18.2 Å². The minimum absolute atomic E-state index is 0.0413. The van der Waals surface area contributed by atoms with E-state index in [0.717, 1.165) is 55.1 Å². The maximum atomic E-state index is 13.8. The number of aromatic nitrogens is 3. The van der Waals surface area contributed by atoms with E-state index >= 15 is 0 Å². The first kappa shape index (κ1) is 23.9. The van der Waals surface area contributed by atoms with Crippen molar-refractivity contribution in [3.8, 4) is 5.75 Å². The van der Waals surface area contributed by atoms with Gasteiger partial charge < -0.3 is 14.5 Å². The summed E-state index contributed by atoms with van der Waals surface area (Å²) in [6.07, 6.45) is 6.10. The van der Waals surface area contributed by atoms with Crippen LogP contribution < -0.4 is 9.64 Å². The van der Waals surface area contributed by atoms with Crippen LogP contribution in [0.25, 0.3) is 5.65 Å². The van der Waals surface area contributed by atoms with Crippen molar-refractivity contribution in [2.75, 3.05) is 24.5 Å². The van der Waals surface area contributed by atoms with Crippen LogP contribution in [0, 0.1) is 12.8 Å². The van der Waals surface area contributed by atoms with E-state index < -0.39 is 0 Å². The van der Waals surface area contributed by atoms with E-state index in [1.807, 2.05) is 29.3 Å². The van der Waals surface area contributed by atoms with Crippen LogP contribution in [0.15, 0.2) is 30.5 Å². The number of carbonyl (C=O) groups is 1. The molecular weight excluding hydrogens is 462 g/mol. The molecule has 2 fully saturated rings. The first-order valence-electron chi connectivity index (χ1n) is 12.7. The van der Waals surface area contributed by atoms with Crippen LogP contribution in [-0.4, -0.2) is 51.1 Å². The van der Waals surface area contributed by atoms with E-state index in [2.05, 4.69) is 24.9 Å². The summed E-state index contributed by atoms with van der Waals surface area (Å²) in [5.74, 6) is 2.22.